The lowest BCUT2D eigenvalue weighted by Gasteiger charge is -2.19. The number of aromatic nitrogens is 3. The van der Waals surface area contributed by atoms with Gasteiger partial charge in [-0.25, -0.2) is 9.67 Å². The Morgan fingerprint density at radius 3 is 2.67 bits per heavy atom. The Morgan fingerprint density at radius 2 is 1.93 bits per heavy atom. The predicted molar refractivity (Wildman–Crippen MR) is 172 cm³/mol. The highest BCUT2D eigenvalue weighted by Crippen LogP contribution is 2.39. The fourth-order valence-corrected chi connectivity index (χ4v) is 6.86. The molecule has 0 aliphatic carbocycles. The van der Waals surface area contributed by atoms with Gasteiger partial charge in [-0.05, 0) is 74.7 Å². The molecule has 228 valence electrons. The number of benzene rings is 3. The number of fused-ring (bicyclic) bond motifs is 2. The molecule has 1 N–H and O–H groups in total. The Labute approximate surface area is 266 Å². The molecule has 1 unspecified atom stereocenters. The molecule has 0 spiro atoms. The third kappa shape index (κ3) is 5.29. The number of carboxylic acid groups (broad SMARTS) is 1. The van der Waals surface area contributed by atoms with Gasteiger partial charge in [-0.3, -0.25) is 14.6 Å². The van der Waals surface area contributed by atoms with Crippen LogP contribution in [0.3, 0.4) is 0 Å². The van der Waals surface area contributed by atoms with Crippen molar-refractivity contribution < 1.29 is 14.3 Å². The van der Waals surface area contributed by atoms with E-state index >= 15 is 0 Å². The molecule has 1 saturated heterocycles. The standard InChI is InChI=1S/C35H33ClN6O3/c1-20(2)41-17-25-18-42(39-30(25)19-41)31-9-5-8-28(32(31)36)26-6-4-7-27(21(26)3)34-38-29-13-22(12-24(14-37)33(29)45-34)15-40-11-10-23(16-40)35(43)44/h4-9,12-13,18,20,23H,10-11,15-17,19H2,1-3H3,(H,43,44). The van der Waals surface area contributed by atoms with Crippen molar-refractivity contribution in [1.29, 1.82) is 5.26 Å². The maximum atomic E-state index is 11.4. The average molecular weight is 621 g/mol. The van der Waals surface area contributed by atoms with Crippen LogP contribution in [0, 0.1) is 24.2 Å². The third-order valence-corrected chi connectivity index (χ3v) is 9.51. The summed E-state index contributed by atoms with van der Waals surface area (Å²) < 4.78 is 8.12. The molecule has 2 aliphatic rings. The van der Waals surface area contributed by atoms with E-state index in [9.17, 15) is 15.2 Å². The van der Waals surface area contributed by atoms with Gasteiger partial charge in [-0.2, -0.15) is 10.4 Å². The zero-order valence-corrected chi connectivity index (χ0v) is 26.2. The molecule has 45 heavy (non-hydrogen) atoms. The maximum Gasteiger partial charge on any atom is 0.307 e. The van der Waals surface area contributed by atoms with Gasteiger partial charge in [-0.15, -0.1) is 0 Å². The number of likely N-dealkylation sites (tertiary alicyclic amines) is 1. The van der Waals surface area contributed by atoms with Crippen molar-refractivity contribution in [1.82, 2.24) is 24.6 Å². The van der Waals surface area contributed by atoms with E-state index < -0.39 is 5.97 Å². The van der Waals surface area contributed by atoms with Crippen LogP contribution in [0.5, 0.6) is 0 Å². The van der Waals surface area contributed by atoms with Gasteiger partial charge in [0.25, 0.3) is 0 Å². The minimum Gasteiger partial charge on any atom is -0.481 e. The summed E-state index contributed by atoms with van der Waals surface area (Å²) in [6.45, 7) is 9.89. The summed E-state index contributed by atoms with van der Waals surface area (Å²) in [6, 6.07) is 18.4. The molecule has 1 fully saturated rings. The Bertz CT molecular complexity index is 1980. The van der Waals surface area contributed by atoms with Crippen LogP contribution in [0.4, 0.5) is 0 Å². The minimum atomic E-state index is -0.764. The molecule has 2 aromatic heterocycles. The normalized spacial score (nSPS) is 16.9. The van der Waals surface area contributed by atoms with Crippen LogP contribution in [0.2, 0.25) is 5.02 Å². The highest BCUT2D eigenvalue weighted by molar-refractivity contribution is 6.35. The van der Waals surface area contributed by atoms with Crippen molar-refractivity contribution in [3.63, 3.8) is 0 Å². The zero-order chi connectivity index (χ0) is 31.4. The van der Waals surface area contributed by atoms with Gasteiger partial charge in [0.1, 0.15) is 11.6 Å². The number of hydrogen-bond donors (Lipinski definition) is 1. The second-order valence-electron chi connectivity index (χ2n) is 12.3. The summed E-state index contributed by atoms with van der Waals surface area (Å²) in [5, 5.41) is 24.8. The first-order chi connectivity index (χ1) is 21.7. The lowest BCUT2D eigenvalue weighted by molar-refractivity contribution is -0.141. The fourth-order valence-electron chi connectivity index (χ4n) is 6.55. The fraction of sp³-hybridized carbons (Fsp3) is 0.314. The monoisotopic (exact) mass is 620 g/mol. The summed E-state index contributed by atoms with van der Waals surface area (Å²) >= 11 is 7.08. The van der Waals surface area contributed by atoms with E-state index in [1.807, 2.05) is 60.1 Å². The summed E-state index contributed by atoms with van der Waals surface area (Å²) in [6.07, 6.45) is 2.71. The minimum absolute atomic E-state index is 0.358. The van der Waals surface area contributed by atoms with Crippen molar-refractivity contribution >= 4 is 28.7 Å². The molecule has 4 heterocycles. The summed E-state index contributed by atoms with van der Waals surface area (Å²) in [7, 11) is 0. The lowest BCUT2D eigenvalue weighted by Crippen LogP contribution is -2.25. The molecule has 0 saturated carbocycles. The Balaban J connectivity index is 1.21. The van der Waals surface area contributed by atoms with Crippen molar-refractivity contribution in [2.45, 2.75) is 52.9 Å². The summed E-state index contributed by atoms with van der Waals surface area (Å²) in [5.41, 5.74) is 9.08. The quantitative estimate of drug-likeness (QED) is 0.211. The molecule has 5 aromatic rings. The number of nitriles is 1. The van der Waals surface area contributed by atoms with Crippen LogP contribution < -0.4 is 0 Å². The molecule has 1 atom stereocenters. The Hall–Kier alpha value is -4.49. The molecule has 7 rings (SSSR count). The van der Waals surface area contributed by atoms with E-state index in [1.165, 1.54) is 5.56 Å². The molecule has 0 radical (unpaired) electrons. The van der Waals surface area contributed by atoms with E-state index in [-0.39, 0.29) is 5.92 Å². The van der Waals surface area contributed by atoms with E-state index in [0.717, 1.165) is 52.3 Å². The van der Waals surface area contributed by atoms with E-state index in [1.54, 1.807) is 0 Å². The number of rotatable bonds is 7. The topological polar surface area (TPSA) is 111 Å². The van der Waals surface area contributed by atoms with Crippen LogP contribution in [0.25, 0.3) is 39.4 Å². The van der Waals surface area contributed by atoms with Crippen molar-refractivity contribution in [3.05, 3.63) is 87.7 Å². The van der Waals surface area contributed by atoms with Gasteiger partial charge in [0.15, 0.2) is 5.58 Å². The number of carbonyl (C=O) groups is 1. The molecule has 3 aromatic carbocycles. The van der Waals surface area contributed by atoms with Gasteiger partial charge in [0.2, 0.25) is 5.89 Å². The average Bonchev–Trinajstić information content (AvgIpc) is 3.80. The smallest absolute Gasteiger partial charge is 0.307 e. The molecule has 10 heteroatoms. The van der Waals surface area contributed by atoms with E-state index in [4.69, 9.17) is 26.1 Å². The summed E-state index contributed by atoms with van der Waals surface area (Å²) in [5.74, 6) is -0.695. The van der Waals surface area contributed by atoms with Crippen molar-refractivity contribution in [3.8, 4) is 34.3 Å². The first-order valence-corrected chi connectivity index (χ1v) is 15.6. The second kappa shape index (κ2) is 11.5. The van der Waals surface area contributed by atoms with Gasteiger partial charge in [-0.1, -0.05) is 35.9 Å². The van der Waals surface area contributed by atoms with Crippen LogP contribution >= 0.6 is 11.6 Å². The van der Waals surface area contributed by atoms with E-state index in [0.29, 0.717) is 59.7 Å². The van der Waals surface area contributed by atoms with Crippen LogP contribution in [0.1, 0.15) is 48.2 Å². The SMILES string of the molecule is Cc1c(-c2nc3cc(CN4CCC(C(=O)O)C4)cc(C#N)c3o2)cccc1-c1cccc(-n2cc3c(n2)CN(C(C)C)C3)c1Cl. The number of hydrogen-bond acceptors (Lipinski definition) is 7. The number of nitrogens with zero attached hydrogens (tertiary/aromatic N) is 6. The Kier molecular flexibility index (Phi) is 7.44. The predicted octanol–water partition coefficient (Wildman–Crippen LogP) is 6.81. The number of oxazole rings is 1. The number of aliphatic carboxylic acids is 1. The van der Waals surface area contributed by atoms with Crippen LogP contribution in [-0.2, 0) is 24.4 Å². The molecule has 9 nitrogen and oxygen atoms in total. The van der Waals surface area contributed by atoms with Gasteiger partial charge in [0.05, 0.1) is 27.9 Å². The molecule has 0 bridgehead atoms. The van der Waals surface area contributed by atoms with Crippen LogP contribution in [0.15, 0.2) is 59.1 Å². The Morgan fingerprint density at radius 1 is 1.16 bits per heavy atom. The van der Waals surface area contributed by atoms with Crippen molar-refractivity contribution in [2.75, 3.05) is 13.1 Å². The largest absolute Gasteiger partial charge is 0.481 e. The van der Waals surface area contributed by atoms with Gasteiger partial charge < -0.3 is 9.52 Å². The molecule has 2 aliphatic heterocycles. The first kappa shape index (κ1) is 29.2. The maximum absolute atomic E-state index is 11.4. The third-order valence-electron chi connectivity index (χ3n) is 9.11. The molecular weight excluding hydrogens is 588 g/mol. The zero-order valence-electron chi connectivity index (χ0n) is 25.4. The van der Waals surface area contributed by atoms with Gasteiger partial charge >= 0.3 is 5.97 Å². The second-order valence-corrected chi connectivity index (χ2v) is 12.7. The number of halogens is 1. The lowest BCUT2D eigenvalue weighted by atomic mass is 9.96. The van der Waals surface area contributed by atoms with Gasteiger partial charge in [0, 0.05) is 55.1 Å². The summed E-state index contributed by atoms with van der Waals surface area (Å²) in [4.78, 5) is 20.7. The highest BCUT2D eigenvalue weighted by Gasteiger charge is 2.29. The highest BCUT2D eigenvalue weighted by atomic mass is 35.5. The number of carboxylic acids is 1. The van der Waals surface area contributed by atoms with E-state index in [2.05, 4.69) is 35.9 Å². The van der Waals surface area contributed by atoms with Crippen molar-refractivity contribution in [2.24, 2.45) is 5.92 Å². The first-order valence-electron chi connectivity index (χ1n) is 15.2. The van der Waals surface area contributed by atoms with Crippen LogP contribution in [-0.4, -0.2) is 54.8 Å². The molecular formula is C35H33ClN6O3. The molecule has 0 amide bonds.